The lowest BCUT2D eigenvalue weighted by Crippen LogP contribution is -2.54. The fourth-order valence-electron chi connectivity index (χ4n) is 10.7. The maximum absolute atomic E-state index is 11.7. The predicted molar refractivity (Wildman–Crippen MR) is 154 cm³/mol. The van der Waals surface area contributed by atoms with Crippen molar-refractivity contribution in [3.05, 3.63) is 0 Å². The van der Waals surface area contributed by atoms with Crippen LogP contribution in [0.25, 0.3) is 0 Å². The molecule has 4 aliphatic carbocycles. The van der Waals surface area contributed by atoms with E-state index in [4.69, 9.17) is 14.2 Å². The van der Waals surface area contributed by atoms with Crippen LogP contribution in [0.15, 0.2) is 0 Å². The van der Waals surface area contributed by atoms with Crippen molar-refractivity contribution in [1.82, 2.24) is 0 Å². The van der Waals surface area contributed by atoms with E-state index in [-0.39, 0.29) is 12.3 Å². The van der Waals surface area contributed by atoms with E-state index in [1.807, 2.05) is 0 Å². The Morgan fingerprint density at radius 2 is 1.72 bits per heavy atom. The minimum absolute atomic E-state index is 0.0463. The zero-order valence-corrected chi connectivity index (χ0v) is 25.9. The van der Waals surface area contributed by atoms with Crippen LogP contribution in [0.2, 0.25) is 0 Å². The number of fused-ring (bicyclic) bond motifs is 5. The van der Waals surface area contributed by atoms with Gasteiger partial charge in [-0.25, -0.2) is 0 Å². The molecule has 0 aromatic rings. The van der Waals surface area contributed by atoms with Gasteiger partial charge in [-0.3, -0.25) is 4.79 Å². The fourth-order valence-corrected chi connectivity index (χ4v) is 10.7. The van der Waals surface area contributed by atoms with Gasteiger partial charge in [0.25, 0.3) is 0 Å². The Bertz CT molecular complexity index is 845. The lowest BCUT2D eigenvalue weighted by molar-refractivity contribution is -0.212. The molecule has 5 nitrogen and oxygen atoms in total. The van der Waals surface area contributed by atoms with Gasteiger partial charge < -0.3 is 19.3 Å². The van der Waals surface area contributed by atoms with E-state index in [2.05, 4.69) is 20.8 Å². The molecule has 5 fully saturated rings. The summed E-state index contributed by atoms with van der Waals surface area (Å²) in [6.07, 6.45) is 17.3. The predicted octanol–water partition coefficient (Wildman–Crippen LogP) is 7.68. The zero-order valence-electron chi connectivity index (χ0n) is 25.9. The quantitative estimate of drug-likeness (QED) is 0.250. The van der Waals surface area contributed by atoms with Gasteiger partial charge in [0.1, 0.15) is 6.10 Å². The number of carbonyl (C=O) groups excluding carboxylic acids is 1. The van der Waals surface area contributed by atoms with E-state index in [0.29, 0.717) is 22.9 Å². The minimum Gasteiger partial charge on any atom is -0.460 e. The second kappa shape index (κ2) is 11.6. The van der Waals surface area contributed by atoms with Gasteiger partial charge >= 0.3 is 5.97 Å². The molecular formula is C34H58O5. The van der Waals surface area contributed by atoms with Crippen molar-refractivity contribution in [3.8, 4) is 0 Å². The van der Waals surface area contributed by atoms with Crippen LogP contribution in [-0.4, -0.2) is 41.8 Å². The number of hydrogen-bond donors (Lipinski definition) is 1. The highest BCUT2D eigenvalue weighted by Crippen LogP contribution is 2.68. The normalized spacial score (nSPS) is 44.0. The summed E-state index contributed by atoms with van der Waals surface area (Å²) in [5, 5.41) is 10.6. The van der Waals surface area contributed by atoms with Crippen LogP contribution in [-0.2, 0) is 19.0 Å². The Morgan fingerprint density at radius 3 is 2.41 bits per heavy atom. The van der Waals surface area contributed by atoms with E-state index in [1.165, 1.54) is 77.6 Å². The molecule has 1 unspecified atom stereocenters. The van der Waals surface area contributed by atoms with Gasteiger partial charge in [-0.2, -0.15) is 0 Å². The molecule has 224 valence electrons. The zero-order chi connectivity index (χ0) is 28.0. The van der Waals surface area contributed by atoms with Gasteiger partial charge in [0.15, 0.2) is 6.29 Å². The first kappa shape index (κ1) is 29.8. The highest BCUT2D eigenvalue weighted by atomic mass is 16.7. The van der Waals surface area contributed by atoms with Crippen LogP contribution in [0.3, 0.4) is 0 Å². The van der Waals surface area contributed by atoms with Crippen molar-refractivity contribution < 1.29 is 24.1 Å². The maximum Gasteiger partial charge on any atom is 0.303 e. The first-order valence-electron chi connectivity index (χ1n) is 16.6. The highest BCUT2D eigenvalue weighted by Gasteiger charge is 2.60. The van der Waals surface area contributed by atoms with E-state index in [1.54, 1.807) is 13.8 Å². The van der Waals surface area contributed by atoms with Crippen molar-refractivity contribution in [1.29, 1.82) is 0 Å². The Hall–Kier alpha value is -0.650. The molecule has 5 aliphatic rings. The fraction of sp³-hybridized carbons (Fsp3) is 0.971. The molecule has 0 aromatic carbocycles. The molecular weight excluding hydrogens is 488 g/mol. The molecule has 1 heterocycles. The molecule has 4 saturated carbocycles. The smallest absolute Gasteiger partial charge is 0.303 e. The molecule has 5 heteroatoms. The molecule has 0 bridgehead atoms. The molecule has 11 atom stereocenters. The van der Waals surface area contributed by atoms with Gasteiger partial charge in [0.2, 0.25) is 0 Å². The third-order valence-corrected chi connectivity index (χ3v) is 12.8. The number of carbonyl (C=O) groups is 1. The van der Waals surface area contributed by atoms with E-state index < -0.39 is 11.7 Å². The monoisotopic (exact) mass is 546 g/mol. The SMILES string of the molecule is CC(=O)O[C@H](CC[C@@H](C)[C@H]1CC[C@H]2[C@@H]3CC[C@@H]4C[C@H](OC5CCCCO5)CC[C@]4(C)[C@H]3CC[C@]12C)C(C)(C)O. The van der Waals surface area contributed by atoms with E-state index in [0.717, 1.165) is 55.5 Å². The Balaban J connectivity index is 1.20. The van der Waals surface area contributed by atoms with Gasteiger partial charge in [-0.1, -0.05) is 20.8 Å². The molecule has 0 radical (unpaired) electrons. The van der Waals surface area contributed by atoms with Crippen molar-refractivity contribution in [3.63, 3.8) is 0 Å². The third-order valence-electron chi connectivity index (χ3n) is 12.8. The van der Waals surface area contributed by atoms with Gasteiger partial charge in [-0.05, 0) is 150 Å². The van der Waals surface area contributed by atoms with Crippen molar-refractivity contribution in [2.24, 2.45) is 46.3 Å². The van der Waals surface area contributed by atoms with Crippen LogP contribution in [0, 0.1) is 46.3 Å². The largest absolute Gasteiger partial charge is 0.460 e. The summed E-state index contributed by atoms with van der Waals surface area (Å²) in [4.78, 5) is 11.7. The summed E-state index contributed by atoms with van der Waals surface area (Å²) in [5.41, 5.74) is -0.105. The van der Waals surface area contributed by atoms with Crippen LogP contribution < -0.4 is 0 Å². The van der Waals surface area contributed by atoms with Gasteiger partial charge in [0, 0.05) is 13.5 Å². The molecule has 5 rings (SSSR count). The molecule has 0 spiro atoms. The van der Waals surface area contributed by atoms with Crippen LogP contribution in [0.1, 0.15) is 131 Å². The van der Waals surface area contributed by atoms with Crippen molar-refractivity contribution >= 4 is 5.97 Å². The molecule has 39 heavy (non-hydrogen) atoms. The Morgan fingerprint density at radius 1 is 0.974 bits per heavy atom. The summed E-state index contributed by atoms with van der Waals surface area (Å²) in [6, 6.07) is 0. The van der Waals surface area contributed by atoms with Crippen molar-refractivity contribution in [2.45, 2.75) is 156 Å². The van der Waals surface area contributed by atoms with Crippen LogP contribution >= 0.6 is 0 Å². The molecule has 0 amide bonds. The summed E-state index contributed by atoms with van der Waals surface area (Å²) < 4.78 is 18.0. The van der Waals surface area contributed by atoms with Crippen LogP contribution in [0.5, 0.6) is 0 Å². The van der Waals surface area contributed by atoms with E-state index in [9.17, 15) is 9.90 Å². The van der Waals surface area contributed by atoms with Crippen LogP contribution in [0.4, 0.5) is 0 Å². The van der Waals surface area contributed by atoms with Crippen molar-refractivity contribution in [2.75, 3.05) is 6.61 Å². The van der Waals surface area contributed by atoms with E-state index >= 15 is 0 Å². The average Bonchev–Trinajstić information content (AvgIpc) is 3.23. The first-order chi connectivity index (χ1) is 18.4. The topological polar surface area (TPSA) is 65.0 Å². The molecule has 0 aromatic heterocycles. The number of esters is 1. The minimum atomic E-state index is -1.01. The number of rotatable bonds is 8. The molecule has 1 aliphatic heterocycles. The highest BCUT2D eigenvalue weighted by molar-refractivity contribution is 5.66. The standard InChI is InChI=1S/C34H58O5/c1-22(10-15-30(32(3,4)36)38-23(2)35)27-13-14-28-26-12-11-24-21-25(39-31-9-7-8-20-37-31)16-18-33(24,5)29(26)17-19-34(27,28)6/h22,24-31,36H,7-21H2,1-6H3/t22-,24-,25-,26+,27-,28+,29+,30-,31?,33+,34-/m1/s1. The Kier molecular flexibility index (Phi) is 8.84. The third kappa shape index (κ3) is 5.98. The number of ether oxygens (including phenoxy) is 3. The molecule has 1 N–H and O–H groups in total. The lowest BCUT2D eigenvalue weighted by Gasteiger charge is -2.61. The summed E-state index contributed by atoms with van der Waals surface area (Å²) >= 11 is 0. The lowest BCUT2D eigenvalue weighted by atomic mass is 9.44. The molecule has 1 saturated heterocycles. The first-order valence-corrected chi connectivity index (χ1v) is 16.6. The van der Waals surface area contributed by atoms with Gasteiger partial charge in [0.05, 0.1) is 11.7 Å². The van der Waals surface area contributed by atoms with Gasteiger partial charge in [-0.15, -0.1) is 0 Å². The second-order valence-electron chi connectivity index (χ2n) is 15.5. The second-order valence-corrected chi connectivity index (χ2v) is 15.5. The summed E-state index contributed by atoms with van der Waals surface area (Å²) in [7, 11) is 0. The Labute approximate surface area is 238 Å². The number of hydrogen-bond acceptors (Lipinski definition) is 5. The maximum atomic E-state index is 11.7. The number of aliphatic hydroxyl groups is 1. The average molecular weight is 547 g/mol. The summed E-state index contributed by atoms with van der Waals surface area (Å²) in [5.74, 6) is 4.43. The summed E-state index contributed by atoms with van der Waals surface area (Å²) in [6.45, 7) is 13.6.